The number of hydrogen-bond acceptors (Lipinski definition) is 2. The first-order valence-corrected chi connectivity index (χ1v) is 7.96. The van der Waals surface area contributed by atoms with Gasteiger partial charge in [0.25, 0.3) is 0 Å². The van der Waals surface area contributed by atoms with E-state index in [1.165, 1.54) is 37.3 Å². The molecule has 0 fully saturated rings. The van der Waals surface area contributed by atoms with Crippen LogP contribution in [0.3, 0.4) is 0 Å². The molecule has 0 bridgehead atoms. The van der Waals surface area contributed by atoms with Crippen molar-refractivity contribution >= 4 is 22.5 Å². The van der Waals surface area contributed by atoms with Crippen LogP contribution in [0.15, 0.2) is 64.4 Å². The molecule has 0 atom stereocenters. The molecule has 0 unspecified atom stereocenters. The van der Waals surface area contributed by atoms with Gasteiger partial charge in [0.2, 0.25) is 0 Å². The highest BCUT2D eigenvalue weighted by Gasteiger charge is 2.07. The number of hydrogen-bond donors (Lipinski definition) is 1. The minimum Gasteiger partial charge on any atom is -0.326 e. The van der Waals surface area contributed by atoms with Crippen LogP contribution in [0.4, 0.5) is 0 Å². The predicted molar refractivity (Wildman–Crippen MR) is 91.9 cm³/mol. The molecular formula is C19H19NS. The van der Waals surface area contributed by atoms with E-state index in [1.54, 1.807) is 0 Å². The Morgan fingerprint density at radius 3 is 2.33 bits per heavy atom. The fourth-order valence-electron chi connectivity index (χ4n) is 2.51. The Morgan fingerprint density at radius 2 is 1.62 bits per heavy atom. The molecule has 3 aromatic rings. The third-order valence-electron chi connectivity index (χ3n) is 3.90. The van der Waals surface area contributed by atoms with E-state index in [0.717, 1.165) is 0 Å². The van der Waals surface area contributed by atoms with E-state index in [-0.39, 0.29) is 0 Å². The topological polar surface area (TPSA) is 26.0 Å². The third-order valence-corrected chi connectivity index (χ3v) is 4.97. The summed E-state index contributed by atoms with van der Waals surface area (Å²) < 4.78 is 0. The van der Waals surface area contributed by atoms with Gasteiger partial charge in [-0.05, 0) is 59.5 Å². The van der Waals surface area contributed by atoms with Crippen LogP contribution in [-0.2, 0) is 6.54 Å². The fraction of sp³-hybridized carbons (Fsp3) is 0.158. The zero-order chi connectivity index (χ0) is 14.8. The summed E-state index contributed by atoms with van der Waals surface area (Å²) in [5, 5.41) is 2.54. The summed E-state index contributed by atoms with van der Waals surface area (Å²) in [5.41, 5.74) is 9.72. The summed E-state index contributed by atoms with van der Waals surface area (Å²) in [5.74, 6) is 0. The number of nitrogens with two attached hydrogens (primary N) is 1. The van der Waals surface area contributed by atoms with E-state index in [4.69, 9.17) is 5.73 Å². The van der Waals surface area contributed by atoms with E-state index in [9.17, 15) is 0 Å². The average molecular weight is 293 g/mol. The summed E-state index contributed by atoms with van der Waals surface area (Å²) >= 11 is 1.82. The SMILES string of the molecule is Cc1ccc(Sc2ccc(CN)c3ccccc23)cc1C. The fourth-order valence-corrected chi connectivity index (χ4v) is 3.55. The first kappa shape index (κ1) is 14.2. The van der Waals surface area contributed by atoms with Crippen molar-refractivity contribution in [1.82, 2.24) is 0 Å². The smallest absolute Gasteiger partial charge is 0.0201 e. The standard InChI is InChI=1S/C19H19NS/c1-13-7-9-16(11-14(13)2)21-19-10-8-15(12-20)17-5-3-4-6-18(17)19/h3-11H,12,20H2,1-2H3. The Morgan fingerprint density at radius 1 is 0.857 bits per heavy atom. The largest absolute Gasteiger partial charge is 0.326 e. The van der Waals surface area contributed by atoms with E-state index in [0.29, 0.717) is 6.54 Å². The van der Waals surface area contributed by atoms with Gasteiger partial charge in [-0.3, -0.25) is 0 Å². The summed E-state index contributed by atoms with van der Waals surface area (Å²) in [4.78, 5) is 2.56. The minimum atomic E-state index is 0.578. The molecule has 2 N–H and O–H groups in total. The zero-order valence-electron chi connectivity index (χ0n) is 12.4. The predicted octanol–water partition coefficient (Wildman–Crippen LogP) is 5.07. The van der Waals surface area contributed by atoms with Crippen molar-refractivity contribution in [2.45, 2.75) is 30.2 Å². The van der Waals surface area contributed by atoms with Crippen LogP contribution in [0.5, 0.6) is 0 Å². The average Bonchev–Trinajstić information content (AvgIpc) is 2.51. The van der Waals surface area contributed by atoms with E-state index in [1.807, 2.05) is 11.8 Å². The molecule has 0 saturated heterocycles. The third kappa shape index (κ3) is 2.82. The van der Waals surface area contributed by atoms with Crippen molar-refractivity contribution in [2.75, 3.05) is 0 Å². The molecule has 0 saturated carbocycles. The lowest BCUT2D eigenvalue weighted by Crippen LogP contribution is -1.97. The van der Waals surface area contributed by atoms with Crippen LogP contribution in [-0.4, -0.2) is 0 Å². The van der Waals surface area contributed by atoms with E-state index < -0.39 is 0 Å². The summed E-state index contributed by atoms with van der Waals surface area (Å²) in [7, 11) is 0. The first-order valence-electron chi connectivity index (χ1n) is 7.15. The van der Waals surface area contributed by atoms with Gasteiger partial charge in [0.15, 0.2) is 0 Å². The molecule has 0 aliphatic rings. The number of aryl methyl sites for hydroxylation is 2. The Hall–Kier alpha value is -1.77. The number of rotatable bonds is 3. The second-order valence-electron chi connectivity index (χ2n) is 5.32. The highest BCUT2D eigenvalue weighted by Crippen LogP contribution is 2.35. The second kappa shape index (κ2) is 5.92. The molecule has 0 aliphatic heterocycles. The summed E-state index contributed by atoms with van der Waals surface area (Å²) in [6.45, 7) is 4.89. The molecule has 2 heteroatoms. The molecule has 3 aromatic carbocycles. The van der Waals surface area contributed by atoms with Gasteiger partial charge < -0.3 is 5.73 Å². The summed E-state index contributed by atoms with van der Waals surface area (Å²) in [6, 6.07) is 19.5. The zero-order valence-corrected chi connectivity index (χ0v) is 13.2. The Balaban J connectivity index is 2.06. The van der Waals surface area contributed by atoms with Crippen LogP contribution in [0, 0.1) is 13.8 Å². The van der Waals surface area contributed by atoms with Gasteiger partial charge in [-0.25, -0.2) is 0 Å². The van der Waals surface area contributed by atoms with Gasteiger partial charge >= 0.3 is 0 Å². The van der Waals surface area contributed by atoms with Crippen LogP contribution >= 0.6 is 11.8 Å². The van der Waals surface area contributed by atoms with Crippen molar-refractivity contribution in [3.63, 3.8) is 0 Å². The molecular weight excluding hydrogens is 274 g/mol. The van der Waals surface area contributed by atoms with Gasteiger partial charge in [0, 0.05) is 16.3 Å². The Kier molecular flexibility index (Phi) is 4.00. The summed E-state index contributed by atoms with van der Waals surface area (Å²) in [6.07, 6.45) is 0. The Bertz CT molecular complexity index is 793. The number of fused-ring (bicyclic) bond motifs is 1. The van der Waals surface area contributed by atoms with Crippen molar-refractivity contribution in [1.29, 1.82) is 0 Å². The van der Waals surface area contributed by atoms with E-state index >= 15 is 0 Å². The van der Waals surface area contributed by atoms with Gasteiger partial charge in [0.1, 0.15) is 0 Å². The maximum atomic E-state index is 5.85. The quantitative estimate of drug-likeness (QED) is 0.730. The van der Waals surface area contributed by atoms with Crippen molar-refractivity contribution in [3.05, 3.63) is 71.3 Å². The van der Waals surface area contributed by atoms with Crippen LogP contribution in [0.2, 0.25) is 0 Å². The van der Waals surface area contributed by atoms with Crippen molar-refractivity contribution in [2.24, 2.45) is 5.73 Å². The molecule has 21 heavy (non-hydrogen) atoms. The molecule has 0 heterocycles. The Labute approximate surface area is 130 Å². The van der Waals surface area contributed by atoms with Crippen LogP contribution in [0.1, 0.15) is 16.7 Å². The number of benzene rings is 3. The first-order chi connectivity index (χ1) is 10.2. The maximum Gasteiger partial charge on any atom is 0.0201 e. The molecule has 0 spiro atoms. The van der Waals surface area contributed by atoms with Gasteiger partial charge in [-0.2, -0.15) is 0 Å². The van der Waals surface area contributed by atoms with Gasteiger partial charge in [-0.1, -0.05) is 48.2 Å². The molecule has 0 aliphatic carbocycles. The van der Waals surface area contributed by atoms with Crippen LogP contribution in [0.25, 0.3) is 10.8 Å². The van der Waals surface area contributed by atoms with Crippen LogP contribution < -0.4 is 5.73 Å². The second-order valence-corrected chi connectivity index (χ2v) is 6.44. The van der Waals surface area contributed by atoms with Crippen molar-refractivity contribution < 1.29 is 0 Å². The highest BCUT2D eigenvalue weighted by atomic mass is 32.2. The molecule has 1 nitrogen and oxygen atoms in total. The lowest BCUT2D eigenvalue weighted by atomic mass is 10.0. The molecule has 0 radical (unpaired) electrons. The van der Waals surface area contributed by atoms with Gasteiger partial charge in [-0.15, -0.1) is 0 Å². The molecule has 0 aromatic heterocycles. The normalized spacial score (nSPS) is 11.0. The molecule has 3 rings (SSSR count). The molecule has 106 valence electrons. The van der Waals surface area contributed by atoms with E-state index in [2.05, 4.69) is 68.4 Å². The highest BCUT2D eigenvalue weighted by molar-refractivity contribution is 7.99. The lowest BCUT2D eigenvalue weighted by Gasteiger charge is -2.11. The lowest BCUT2D eigenvalue weighted by molar-refractivity contribution is 1.08. The van der Waals surface area contributed by atoms with Gasteiger partial charge in [0.05, 0.1) is 0 Å². The maximum absolute atomic E-state index is 5.85. The minimum absolute atomic E-state index is 0.578. The monoisotopic (exact) mass is 293 g/mol. The van der Waals surface area contributed by atoms with Crippen molar-refractivity contribution in [3.8, 4) is 0 Å². The molecule has 0 amide bonds.